The van der Waals surface area contributed by atoms with Crippen LogP contribution in [0.1, 0.15) is 83.6 Å². The predicted molar refractivity (Wildman–Crippen MR) is 186 cm³/mol. The Morgan fingerprint density at radius 1 is 1.09 bits per heavy atom. The van der Waals surface area contributed by atoms with Crippen LogP contribution in [0.2, 0.25) is 0 Å². The minimum Gasteiger partial charge on any atom is -0.494 e. The number of benzene rings is 1. The summed E-state index contributed by atoms with van der Waals surface area (Å²) in [4.78, 5) is 5.51. The monoisotopic (exact) mass is 626 g/mol. The van der Waals surface area contributed by atoms with Gasteiger partial charge in [-0.25, -0.2) is 0 Å². The Morgan fingerprint density at radius 2 is 1.75 bits per heavy atom. The van der Waals surface area contributed by atoms with Gasteiger partial charge in [0, 0.05) is 61.4 Å². The van der Waals surface area contributed by atoms with Crippen LogP contribution < -0.4 is 4.90 Å². The van der Waals surface area contributed by atoms with Crippen molar-refractivity contribution in [3.63, 3.8) is 0 Å². The van der Waals surface area contributed by atoms with Gasteiger partial charge in [-0.1, -0.05) is 52.2 Å². The number of fused-ring (bicyclic) bond motifs is 4. The lowest BCUT2D eigenvalue weighted by molar-refractivity contribution is -0.941. The van der Waals surface area contributed by atoms with Crippen LogP contribution in [0.25, 0.3) is 0 Å². The molecular formula is C37H60N3O3S+. The number of hydrogen-bond acceptors (Lipinski definition) is 5. The van der Waals surface area contributed by atoms with Crippen molar-refractivity contribution in [2.45, 2.75) is 89.1 Å². The summed E-state index contributed by atoms with van der Waals surface area (Å²) in [6.07, 6.45) is 13.5. The van der Waals surface area contributed by atoms with Gasteiger partial charge in [0.1, 0.15) is 5.76 Å². The van der Waals surface area contributed by atoms with Gasteiger partial charge < -0.3 is 19.2 Å². The highest BCUT2D eigenvalue weighted by Gasteiger charge is 2.47. The van der Waals surface area contributed by atoms with Crippen molar-refractivity contribution in [3.8, 4) is 0 Å². The van der Waals surface area contributed by atoms with Crippen LogP contribution in [0.5, 0.6) is 0 Å². The van der Waals surface area contributed by atoms with Gasteiger partial charge in [0.25, 0.3) is 0 Å². The number of piperazine rings is 3. The van der Waals surface area contributed by atoms with Crippen LogP contribution in [0.3, 0.4) is 0 Å². The van der Waals surface area contributed by atoms with Crippen LogP contribution in [-0.4, -0.2) is 97.1 Å². The van der Waals surface area contributed by atoms with E-state index in [0.717, 1.165) is 72.4 Å². The van der Waals surface area contributed by atoms with Gasteiger partial charge >= 0.3 is 0 Å². The van der Waals surface area contributed by atoms with E-state index in [-0.39, 0.29) is 5.92 Å². The number of allylic oxidation sites excluding steroid dienone is 3. The fraction of sp³-hybridized carbons (Fsp3) is 0.676. The van der Waals surface area contributed by atoms with Crippen molar-refractivity contribution in [3.05, 3.63) is 59.9 Å². The maximum absolute atomic E-state index is 14.0. The summed E-state index contributed by atoms with van der Waals surface area (Å²) in [7, 11) is 2.85. The lowest BCUT2D eigenvalue weighted by Crippen LogP contribution is -2.67. The summed E-state index contributed by atoms with van der Waals surface area (Å²) in [5.41, 5.74) is 2.41. The zero-order valence-electron chi connectivity index (χ0n) is 28.4. The number of ether oxygens (including phenoxy) is 1. The van der Waals surface area contributed by atoms with Gasteiger partial charge in [-0.15, -0.1) is 0 Å². The summed E-state index contributed by atoms with van der Waals surface area (Å²) in [5, 5.41) is 12.4. The molecule has 0 saturated carbocycles. The van der Waals surface area contributed by atoms with Gasteiger partial charge in [0.2, 0.25) is 0 Å². The first kappa shape index (κ1) is 34.9. The zero-order valence-corrected chi connectivity index (χ0v) is 29.2. The van der Waals surface area contributed by atoms with Crippen molar-refractivity contribution in [2.75, 3.05) is 77.2 Å². The molecule has 4 heterocycles. The smallest absolute Gasteiger partial charge is 0.115 e. The molecule has 7 heteroatoms. The second-order valence-corrected chi connectivity index (χ2v) is 15.3. The number of quaternary nitrogens is 1. The molecule has 1 N–H and O–H groups in total. The summed E-state index contributed by atoms with van der Waals surface area (Å²) in [6, 6.07) is 6.19. The average molecular weight is 627 g/mol. The molecular weight excluding hydrogens is 566 g/mol. The predicted octanol–water partition coefficient (Wildman–Crippen LogP) is 6.64. The highest BCUT2D eigenvalue weighted by atomic mass is 32.2. The number of hydrogen-bond donors (Lipinski definition) is 1. The molecule has 2 bridgehead atoms. The Bertz CT molecular complexity index is 1160. The molecule has 3 atom stereocenters. The lowest BCUT2D eigenvalue weighted by Gasteiger charge is -2.50. The molecule has 0 radical (unpaired) electrons. The Balaban J connectivity index is 1.50. The van der Waals surface area contributed by atoms with Crippen molar-refractivity contribution in [2.24, 2.45) is 5.41 Å². The molecule has 0 spiro atoms. The van der Waals surface area contributed by atoms with E-state index in [1.54, 1.807) is 0 Å². The molecule has 0 aliphatic carbocycles. The van der Waals surface area contributed by atoms with Crippen LogP contribution in [0, 0.1) is 5.41 Å². The molecule has 3 saturated heterocycles. The Morgan fingerprint density at radius 3 is 2.34 bits per heavy atom. The molecule has 3 fully saturated rings. The molecule has 0 amide bonds. The summed E-state index contributed by atoms with van der Waals surface area (Å²) < 4.78 is 21.5. The first-order valence-electron chi connectivity index (χ1n) is 17.3. The molecule has 246 valence electrons. The quantitative estimate of drug-likeness (QED) is 0.0965. The fourth-order valence-electron chi connectivity index (χ4n) is 7.56. The molecule has 5 rings (SSSR count). The highest BCUT2D eigenvalue weighted by Crippen LogP contribution is 2.49. The van der Waals surface area contributed by atoms with Gasteiger partial charge in [-0.05, 0) is 74.1 Å². The standard InChI is InChI=1S/C37H60N3O3S/c1-7-10-18-37(19-11-8-2)29-44(42)34-17-15-31(38(5)6)28-33(34)35(36(37)41)30(4)14-16-32(9-3)43-27-13-12-23-40-24-20-39(21-25-40)22-26-40/h9,14-17,28,35-36,41H,4,7-8,10-13,18-27,29H2,1-3,5-6H3/q+1. The largest absolute Gasteiger partial charge is 0.494 e. The molecule has 1 aromatic rings. The van der Waals surface area contributed by atoms with E-state index in [4.69, 9.17) is 4.74 Å². The number of nitrogens with zero attached hydrogens (tertiary/aromatic N) is 3. The van der Waals surface area contributed by atoms with Crippen LogP contribution in [-0.2, 0) is 15.5 Å². The molecule has 6 nitrogen and oxygen atoms in total. The number of unbranched alkanes of at least 4 members (excludes halogenated alkanes) is 3. The minimum absolute atomic E-state index is 0.335. The Kier molecular flexibility index (Phi) is 12.8. The number of aliphatic hydroxyl groups excluding tert-OH is 1. The first-order valence-corrected chi connectivity index (χ1v) is 18.6. The van der Waals surface area contributed by atoms with Crippen LogP contribution >= 0.6 is 0 Å². The Labute approximate surface area is 270 Å². The van der Waals surface area contributed by atoms with Crippen molar-refractivity contribution in [1.29, 1.82) is 0 Å². The number of anilines is 1. The number of rotatable bonds is 16. The third-order valence-electron chi connectivity index (χ3n) is 10.6. The summed E-state index contributed by atoms with van der Waals surface area (Å²) in [6.45, 7) is 20.6. The van der Waals surface area contributed by atoms with Gasteiger partial charge in [-0.2, -0.15) is 0 Å². The fourth-order valence-corrected chi connectivity index (χ4v) is 9.37. The molecule has 3 unspecified atom stereocenters. The topological polar surface area (TPSA) is 53.0 Å². The van der Waals surface area contributed by atoms with E-state index in [2.05, 4.69) is 36.3 Å². The van der Waals surface area contributed by atoms with E-state index < -0.39 is 22.3 Å². The molecule has 1 aromatic carbocycles. The molecule has 4 aliphatic rings. The second kappa shape index (κ2) is 16.1. The lowest BCUT2D eigenvalue weighted by atomic mass is 9.68. The maximum Gasteiger partial charge on any atom is 0.115 e. The van der Waals surface area contributed by atoms with Gasteiger partial charge in [0.05, 0.1) is 49.7 Å². The highest BCUT2D eigenvalue weighted by molar-refractivity contribution is 7.85. The Hall–Kier alpha value is -1.93. The zero-order chi connectivity index (χ0) is 31.7. The van der Waals surface area contributed by atoms with E-state index in [1.807, 2.05) is 51.4 Å². The first-order chi connectivity index (χ1) is 21.2. The van der Waals surface area contributed by atoms with Crippen molar-refractivity contribution in [1.82, 2.24) is 4.90 Å². The van der Waals surface area contributed by atoms with Crippen molar-refractivity contribution < 1.29 is 18.5 Å². The maximum atomic E-state index is 14.0. The van der Waals surface area contributed by atoms with Crippen LogP contribution in [0.4, 0.5) is 5.69 Å². The second-order valence-electron chi connectivity index (χ2n) is 13.8. The number of aliphatic hydroxyl groups is 1. The van der Waals surface area contributed by atoms with E-state index in [0.29, 0.717) is 12.4 Å². The van der Waals surface area contributed by atoms with Gasteiger partial charge in [-0.3, -0.25) is 9.11 Å². The van der Waals surface area contributed by atoms with Gasteiger partial charge in [0.15, 0.2) is 0 Å². The minimum atomic E-state index is -1.20. The third-order valence-corrected chi connectivity index (χ3v) is 12.3. The third kappa shape index (κ3) is 8.26. The van der Waals surface area contributed by atoms with E-state index >= 15 is 0 Å². The van der Waals surface area contributed by atoms with Crippen molar-refractivity contribution >= 4 is 16.5 Å². The summed E-state index contributed by atoms with van der Waals surface area (Å²) in [5.74, 6) is 0.998. The SMILES string of the molecule is C=C(C=CC(=CC)OCCCC[N+]12CCN(CC1)CC2)C1c2cc(N(C)C)ccc2S(=O)CC(CCCC)(CCCC)C1O. The normalized spacial score (nSPS) is 28.1. The molecule has 4 aliphatic heterocycles. The van der Waals surface area contributed by atoms with E-state index in [1.165, 1.54) is 56.7 Å². The molecule has 0 aromatic heterocycles. The summed E-state index contributed by atoms with van der Waals surface area (Å²) >= 11 is 0. The van der Waals surface area contributed by atoms with E-state index in [9.17, 15) is 9.32 Å². The average Bonchev–Trinajstić information content (AvgIpc) is 3.12. The molecule has 44 heavy (non-hydrogen) atoms. The van der Waals surface area contributed by atoms with Crippen LogP contribution in [0.15, 0.2) is 59.2 Å².